The Hall–Kier alpha value is -1.85. The van der Waals surface area contributed by atoms with E-state index in [2.05, 4.69) is 43.1 Å². The molecule has 29 heavy (non-hydrogen) atoms. The molecule has 1 aliphatic rings. The predicted molar refractivity (Wildman–Crippen MR) is 125 cm³/mol. The van der Waals surface area contributed by atoms with Crippen LogP contribution in [0.1, 0.15) is 54.6 Å². The van der Waals surface area contributed by atoms with Crippen LogP contribution in [0.25, 0.3) is 0 Å². The summed E-state index contributed by atoms with van der Waals surface area (Å²) in [7, 11) is 0. The quantitative estimate of drug-likeness (QED) is 0.664. The minimum Gasteiger partial charge on any atom is -0.467 e. The summed E-state index contributed by atoms with van der Waals surface area (Å²) in [6.45, 7) is 11.9. The van der Waals surface area contributed by atoms with E-state index in [0.29, 0.717) is 6.54 Å². The minimum absolute atomic E-state index is 0.706. The van der Waals surface area contributed by atoms with E-state index >= 15 is 0 Å². The number of nitrogens with one attached hydrogen (secondary N) is 2. The molecule has 0 aliphatic carbocycles. The lowest BCUT2D eigenvalue weighted by molar-refractivity contribution is -0.899. The van der Waals surface area contributed by atoms with E-state index in [-0.39, 0.29) is 0 Å². The zero-order chi connectivity index (χ0) is 20.6. The molecule has 1 saturated heterocycles. The van der Waals surface area contributed by atoms with E-state index in [1.54, 1.807) is 11.2 Å². The fourth-order valence-corrected chi connectivity index (χ4v) is 4.66. The Labute approximate surface area is 181 Å². The van der Waals surface area contributed by atoms with Crippen LogP contribution >= 0.6 is 12.2 Å². The third-order valence-corrected chi connectivity index (χ3v) is 6.25. The van der Waals surface area contributed by atoms with Gasteiger partial charge in [-0.15, -0.1) is 0 Å². The number of anilines is 1. The van der Waals surface area contributed by atoms with Crippen molar-refractivity contribution in [1.29, 1.82) is 0 Å². The van der Waals surface area contributed by atoms with Crippen LogP contribution < -0.4 is 10.2 Å². The molecule has 0 radical (unpaired) electrons. The second-order valence-electron chi connectivity index (χ2n) is 8.47. The first kappa shape index (κ1) is 21.8. The van der Waals surface area contributed by atoms with Gasteiger partial charge >= 0.3 is 0 Å². The van der Waals surface area contributed by atoms with Crippen molar-refractivity contribution in [3.63, 3.8) is 0 Å². The second kappa shape index (κ2) is 10.8. The maximum absolute atomic E-state index is 5.84. The molecule has 2 aromatic rings. The van der Waals surface area contributed by atoms with Crippen LogP contribution in [0.15, 0.2) is 34.9 Å². The molecule has 1 aliphatic heterocycles. The Kier molecular flexibility index (Phi) is 8.13. The van der Waals surface area contributed by atoms with Crippen LogP contribution in [0.3, 0.4) is 0 Å². The molecule has 0 atom stereocenters. The average Bonchev–Trinajstić information content (AvgIpc) is 3.05. The van der Waals surface area contributed by atoms with E-state index in [1.165, 1.54) is 62.0 Å². The number of rotatable bonds is 7. The SMILES string of the molecule is Cc1cc(C)c(NC(=S)N(CCC[NH+]2CCCCCC2)Cc2ccco2)c(C)c1. The lowest BCUT2D eigenvalue weighted by Gasteiger charge is -2.27. The summed E-state index contributed by atoms with van der Waals surface area (Å²) >= 11 is 5.84. The standard InChI is InChI=1S/C24H35N3OS/c1-19-16-20(2)23(21(3)17-19)25-24(29)27(18-22-10-8-15-28-22)14-9-13-26-11-6-4-5-7-12-26/h8,10,15-17H,4-7,9,11-14,18H2,1-3H3,(H,25,29)/p+1. The Balaban J connectivity index is 1.63. The zero-order valence-corrected chi connectivity index (χ0v) is 19.0. The summed E-state index contributed by atoms with van der Waals surface area (Å²) in [4.78, 5) is 4.01. The predicted octanol–water partition coefficient (Wildman–Crippen LogP) is 4.25. The van der Waals surface area contributed by atoms with Gasteiger partial charge in [0.1, 0.15) is 5.76 Å². The van der Waals surface area contributed by atoms with Crippen molar-refractivity contribution in [2.45, 2.75) is 59.4 Å². The average molecular weight is 415 g/mol. The maximum atomic E-state index is 5.84. The summed E-state index contributed by atoms with van der Waals surface area (Å²) < 4.78 is 5.61. The van der Waals surface area contributed by atoms with Crippen molar-refractivity contribution in [3.8, 4) is 0 Å². The monoisotopic (exact) mass is 414 g/mol. The van der Waals surface area contributed by atoms with Crippen LogP contribution in [-0.4, -0.2) is 36.2 Å². The van der Waals surface area contributed by atoms with Crippen LogP contribution in [0.4, 0.5) is 5.69 Å². The summed E-state index contributed by atoms with van der Waals surface area (Å²) in [5, 5.41) is 4.31. The van der Waals surface area contributed by atoms with Gasteiger partial charge in [0.05, 0.1) is 32.4 Å². The summed E-state index contributed by atoms with van der Waals surface area (Å²) in [6.07, 6.45) is 8.42. The number of hydrogen-bond donors (Lipinski definition) is 2. The first-order valence-corrected chi connectivity index (χ1v) is 11.4. The molecule has 158 valence electrons. The second-order valence-corrected chi connectivity index (χ2v) is 8.86. The van der Waals surface area contributed by atoms with Crippen LogP contribution in [0.5, 0.6) is 0 Å². The molecule has 2 heterocycles. The molecule has 0 amide bonds. The van der Waals surface area contributed by atoms with Gasteiger partial charge in [-0.3, -0.25) is 0 Å². The van der Waals surface area contributed by atoms with Gasteiger partial charge in [0.2, 0.25) is 0 Å². The molecule has 0 unspecified atom stereocenters. The van der Waals surface area contributed by atoms with E-state index in [0.717, 1.165) is 29.5 Å². The number of quaternary nitrogens is 1. The first-order chi connectivity index (χ1) is 14.0. The maximum Gasteiger partial charge on any atom is 0.173 e. The molecule has 0 spiro atoms. The van der Waals surface area contributed by atoms with Gasteiger partial charge in [-0.05, 0) is 81.9 Å². The van der Waals surface area contributed by atoms with E-state index in [9.17, 15) is 0 Å². The topological polar surface area (TPSA) is 32.9 Å². The van der Waals surface area contributed by atoms with Crippen molar-refractivity contribution in [2.24, 2.45) is 0 Å². The van der Waals surface area contributed by atoms with E-state index < -0.39 is 0 Å². The molecule has 0 bridgehead atoms. The van der Waals surface area contributed by atoms with Gasteiger partial charge < -0.3 is 19.5 Å². The number of furan rings is 1. The molecule has 4 nitrogen and oxygen atoms in total. The summed E-state index contributed by atoms with van der Waals surface area (Å²) in [6, 6.07) is 8.38. The number of hydrogen-bond acceptors (Lipinski definition) is 2. The van der Waals surface area contributed by atoms with Crippen LogP contribution in [-0.2, 0) is 6.54 Å². The Morgan fingerprint density at radius 2 is 1.79 bits per heavy atom. The highest BCUT2D eigenvalue weighted by Gasteiger charge is 2.17. The fourth-order valence-electron chi connectivity index (χ4n) is 4.40. The molecule has 1 aromatic heterocycles. The number of aryl methyl sites for hydroxylation is 3. The lowest BCUT2D eigenvalue weighted by atomic mass is 10.1. The molecule has 3 rings (SSSR count). The largest absolute Gasteiger partial charge is 0.467 e. The summed E-state index contributed by atoms with van der Waals surface area (Å²) in [5.41, 5.74) is 4.88. The Bertz CT molecular complexity index is 756. The number of benzene rings is 1. The summed E-state index contributed by atoms with van der Waals surface area (Å²) in [5.74, 6) is 0.952. The highest BCUT2D eigenvalue weighted by atomic mass is 32.1. The minimum atomic E-state index is 0.706. The Morgan fingerprint density at radius 1 is 1.10 bits per heavy atom. The molecule has 1 aromatic carbocycles. The van der Waals surface area contributed by atoms with Crippen LogP contribution in [0, 0.1) is 20.8 Å². The number of thiocarbonyl (C=S) groups is 1. The molecular formula is C24H36N3OS+. The fraction of sp³-hybridized carbons (Fsp3) is 0.542. The first-order valence-electron chi connectivity index (χ1n) is 11.0. The molecule has 5 heteroatoms. The van der Waals surface area contributed by atoms with Gasteiger partial charge in [-0.25, -0.2) is 0 Å². The number of likely N-dealkylation sites (tertiary alicyclic amines) is 1. The van der Waals surface area contributed by atoms with Gasteiger partial charge in [-0.2, -0.15) is 0 Å². The Morgan fingerprint density at radius 3 is 2.41 bits per heavy atom. The molecule has 2 N–H and O–H groups in total. The van der Waals surface area contributed by atoms with Gasteiger partial charge in [0.25, 0.3) is 0 Å². The van der Waals surface area contributed by atoms with Crippen molar-refractivity contribution < 1.29 is 9.32 Å². The molecular weight excluding hydrogens is 378 g/mol. The van der Waals surface area contributed by atoms with Gasteiger partial charge in [0.15, 0.2) is 5.11 Å². The van der Waals surface area contributed by atoms with E-state index in [1.807, 2.05) is 12.1 Å². The normalized spacial score (nSPS) is 15.1. The van der Waals surface area contributed by atoms with Crippen molar-refractivity contribution in [3.05, 3.63) is 53.0 Å². The van der Waals surface area contributed by atoms with Gasteiger partial charge in [0, 0.05) is 18.7 Å². The van der Waals surface area contributed by atoms with Crippen LogP contribution in [0.2, 0.25) is 0 Å². The third kappa shape index (κ3) is 6.58. The number of nitrogens with zero attached hydrogens (tertiary/aromatic N) is 1. The van der Waals surface area contributed by atoms with Crippen molar-refractivity contribution in [1.82, 2.24) is 4.90 Å². The highest BCUT2D eigenvalue weighted by molar-refractivity contribution is 7.80. The van der Waals surface area contributed by atoms with Crippen molar-refractivity contribution in [2.75, 3.05) is 31.5 Å². The third-order valence-electron chi connectivity index (χ3n) is 5.89. The highest BCUT2D eigenvalue weighted by Crippen LogP contribution is 2.22. The van der Waals surface area contributed by atoms with Gasteiger partial charge in [-0.1, -0.05) is 17.7 Å². The van der Waals surface area contributed by atoms with E-state index in [4.69, 9.17) is 16.6 Å². The molecule has 0 saturated carbocycles. The smallest absolute Gasteiger partial charge is 0.173 e. The zero-order valence-electron chi connectivity index (χ0n) is 18.2. The lowest BCUT2D eigenvalue weighted by Crippen LogP contribution is -3.11. The van der Waals surface area contributed by atoms with Crippen molar-refractivity contribution >= 4 is 23.0 Å². The molecule has 1 fully saturated rings.